The van der Waals surface area contributed by atoms with Crippen molar-refractivity contribution in [2.45, 2.75) is 46.5 Å². The summed E-state index contributed by atoms with van der Waals surface area (Å²) in [6.45, 7) is 7.01. The first kappa shape index (κ1) is 9.83. The predicted molar refractivity (Wildman–Crippen MR) is 55.1 cm³/mol. The van der Waals surface area contributed by atoms with Crippen LogP contribution in [0.15, 0.2) is 12.2 Å². The third-order valence-electron chi connectivity index (χ3n) is 3.00. The largest absolute Gasteiger partial charge is 0.0882 e. The van der Waals surface area contributed by atoms with Crippen LogP contribution in [0.3, 0.4) is 0 Å². The van der Waals surface area contributed by atoms with Crippen LogP contribution in [-0.4, -0.2) is 0 Å². The average molecular weight is 166 g/mol. The Hall–Kier alpha value is -0.260. The third kappa shape index (κ3) is 3.00. The van der Waals surface area contributed by atoms with Crippen molar-refractivity contribution in [3.63, 3.8) is 0 Å². The molecule has 2 unspecified atom stereocenters. The Bertz CT molecular complexity index is 144. The quantitative estimate of drug-likeness (QED) is 0.555. The van der Waals surface area contributed by atoms with Gasteiger partial charge in [0.25, 0.3) is 0 Å². The van der Waals surface area contributed by atoms with Crippen molar-refractivity contribution in [1.82, 2.24) is 0 Å². The highest BCUT2D eigenvalue weighted by atomic mass is 14.2. The van der Waals surface area contributed by atoms with Crippen LogP contribution in [0.4, 0.5) is 0 Å². The molecule has 0 saturated carbocycles. The molecule has 0 fully saturated rings. The Kier molecular flexibility index (Phi) is 3.84. The molecule has 0 spiro atoms. The molecule has 0 bridgehead atoms. The van der Waals surface area contributed by atoms with E-state index in [4.69, 9.17) is 0 Å². The number of allylic oxidation sites excluding steroid dienone is 2. The lowest BCUT2D eigenvalue weighted by Crippen LogP contribution is -2.13. The zero-order valence-electron chi connectivity index (χ0n) is 8.72. The summed E-state index contributed by atoms with van der Waals surface area (Å²) < 4.78 is 0. The molecule has 0 aliphatic heterocycles. The number of hydrogen-bond acceptors (Lipinski definition) is 0. The Morgan fingerprint density at radius 1 is 1.42 bits per heavy atom. The smallest absolute Gasteiger partial charge is 0.0233 e. The molecular formula is C12H22. The predicted octanol–water partition coefficient (Wildman–Crippen LogP) is 4.02. The molecule has 0 nitrogen and oxygen atoms in total. The van der Waals surface area contributed by atoms with E-state index in [1.807, 2.05) is 0 Å². The maximum Gasteiger partial charge on any atom is -0.0233 e. The van der Waals surface area contributed by atoms with Gasteiger partial charge in [-0.15, -0.1) is 0 Å². The van der Waals surface area contributed by atoms with Gasteiger partial charge in [-0.1, -0.05) is 39.3 Å². The van der Waals surface area contributed by atoms with Crippen molar-refractivity contribution >= 4 is 0 Å². The summed E-state index contributed by atoms with van der Waals surface area (Å²) in [4.78, 5) is 0. The third-order valence-corrected chi connectivity index (χ3v) is 3.00. The zero-order chi connectivity index (χ0) is 8.97. The van der Waals surface area contributed by atoms with Crippen LogP contribution in [0.25, 0.3) is 0 Å². The van der Waals surface area contributed by atoms with Crippen LogP contribution in [0.1, 0.15) is 46.5 Å². The second kappa shape index (κ2) is 4.69. The highest BCUT2D eigenvalue weighted by molar-refractivity contribution is 4.94. The van der Waals surface area contributed by atoms with E-state index >= 15 is 0 Å². The SMILES string of the molecule is CC(C)CCC1CCC=CC1C. The summed E-state index contributed by atoms with van der Waals surface area (Å²) in [5.41, 5.74) is 0. The molecular weight excluding hydrogens is 144 g/mol. The summed E-state index contributed by atoms with van der Waals surface area (Å²) in [6, 6.07) is 0. The number of rotatable bonds is 3. The van der Waals surface area contributed by atoms with Crippen LogP contribution in [0.2, 0.25) is 0 Å². The fourth-order valence-corrected chi connectivity index (χ4v) is 2.00. The van der Waals surface area contributed by atoms with E-state index in [-0.39, 0.29) is 0 Å². The molecule has 0 N–H and O–H groups in total. The van der Waals surface area contributed by atoms with Gasteiger partial charge in [0.05, 0.1) is 0 Å². The van der Waals surface area contributed by atoms with Gasteiger partial charge in [-0.05, 0) is 37.0 Å². The van der Waals surface area contributed by atoms with Gasteiger partial charge in [0.15, 0.2) is 0 Å². The summed E-state index contributed by atoms with van der Waals surface area (Å²) in [7, 11) is 0. The second-order valence-corrected chi connectivity index (χ2v) is 4.60. The van der Waals surface area contributed by atoms with Crippen LogP contribution >= 0.6 is 0 Å². The molecule has 1 rings (SSSR count). The van der Waals surface area contributed by atoms with Gasteiger partial charge in [-0.2, -0.15) is 0 Å². The van der Waals surface area contributed by atoms with E-state index in [9.17, 15) is 0 Å². The van der Waals surface area contributed by atoms with E-state index in [0.29, 0.717) is 0 Å². The first-order valence-corrected chi connectivity index (χ1v) is 5.37. The Morgan fingerprint density at radius 3 is 2.75 bits per heavy atom. The second-order valence-electron chi connectivity index (χ2n) is 4.60. The molecule has 0 aromatic rings. The van der Waals surface area contributed by atoms with Crippen LogP contribution in [-0.2, 0) is 0 Å². The fourth-order valence-electron chi connectivity index (χ4n) is 2.00. The summed E-state index contributed by atoms with van der Waals surface area (Å²) in [5, 5.41) is 0. The Labute approximate surface area is 77.1 Å². The standard InChI is InChI=1S/C12H22/c1-10(2)8-9-12-7-5-4-6-11(12)3/h4,6,10-12H,5,7-9H2,1-3H3. The van der Waals surface area contributed by atoms with Crippen LogP contribution in [0.5, 0.6) is 0 Å². The summed E-state index contributed by atoms with van der Waals surface area (Å²) in [5.74, 6) is 2.68. The summed E-state index contributed by atoms with van der Waals surface area (Å²) >= 11 is 0. The highest BCUT2D eigenvalue weighted by Crippen LogP contribution is 2.29. The minimum Gasteiger partial charge on any atom is -0.0882 e. The average Bonchev–Trinajstić information content (AvgIpc) is 2.03. The minimum atomic E-state index is 0.831. The van der Waals surface area contributed by atoms with Crippen molar-refractivity contribution in [3.05, 3.63) is 12.2 Å². The first-order valence-electron chi connectivity index (χ1n) is 5.37. The molecule has 1 aliphatic carbocycles. The number of hydrogen-bond donors (Lipinski definition) is 0. The van der Waals surface area contributed by atoms with Gasteiger partial charge in [0.1, 0.15) is 0 Å². The molecule has 0 radical (unpaired) electrons. The van der Waals surface area contributed by atoms with Crippen LogP contribution in [0, 0.1) is 17.8 Å². The molecule has 1 aliphatic rings. The molecule has 12 heavy (non-hydrogen) atoms. The van der Waals surface area contributed by atoms with E-state index in [0.717, 1.165) is 17.8 Å². The van der Waals surface area contributed by atoms with E-state index < -0.39 is 0 Å². The van der Waals surface area contributed by atoms with E-state index in [1.54, 1.807) is 0 Å². The highest BCUT2D eigenvalue weighted by Gasteiger charge is 2.17. The molecule has 0 heterocycles. The molecule has 0 amide bonds. The van der Waals surface area contributed by atoms with E-state index in [2.05, 4.69) is 32.9 Å². The Morgan fingerprint density at radius 2 is 2.17 bits per heavy atom. The Balaban J connectivity index is 2.27. The van der Waals surface area contributed by atoms with Crippen molar-refractivity contribution in [1.29, 1.82) is 0 Å². The zero-order valence-corrected chi connectivity index (χ0v) is 8.72. The van der Waals surface area contributed by atoms with Gasteiger partial charge >= 0.3 is 0 Å². The van der Waals surface area contributed by atoms with E-state index in [1.165, 1.54) is 25.7 Å². The van der Waals surface area contributed by atoms with Gasteiger partial charge < -0.3 is 0 Å². The lowest BCUT2D eigenvalue weighted by molar-refractivity contribution is 0.326. The normalized spacial score (nSPS) is 29.7. The van der Waals surface area contributed by atoms with Gasteiger partial charge in [-0.3, -0.25) is 0 Å². The van der Waals surface area contributed by atoms with Crippen molar-refractivity contribution in [2.24, 2.45) is 17.8 Å². The van der Waals surface area contributed by atoms with Gasteiger partial charge in [0, 0.05) is 0 Å². The maximum absolute atomic E-state index is 2.40. The molecule has 0 heteroatoms. The lowest BCUT2D eigenvalue weighted by Gasteiger charge is -2.25. The van der Waals surface area contributed by atoms with Gasteiger partial charge in [-0.25, -0.2) is 0 Å². The minimum absolute atomic E-state index is 0.831. The maximum atomic E-state index is 2.40. The van der Waals surface area contributed by atoms with Crippen molar-refractivity contribution < 1.29 is 0 Å². The lowest BCUT2D eigenvalue weighted by atomic mass is 9.81. The molecule has 2 atom stereocenters. The van der Waals surface area contributed by atoms with Crippen molar-refractivity contribution in [2.75, 3.05) is 0 Å². The fraction of sp³-hybridized carbons (Fsp3) is 0.833. The first-order chi connectivity index (χ1) is 5.70. The molecule has 0 saturated heterocycles. The summed E-state index contributed by atoms with van der Waals surface area (Å²) in [6.07, 6.45) is 10.3. The molecule has 0 aromatic carbocycles. The molecule has 70 valence electrons. The topological polar surface area (TPSA) is 0 Å². The monoisotopic (exact) mass is 166 g/mol. The molecule has 0 aromatic heterocycles. The van der Waals surface area contributed by atoms with Crippen LogP contribution < -0.4 is 0 Å². The van der Waals surface area contributed by atoms with Gasteiger partial charge in [0.2, 0.25) is 0 Å². The van der Waals surface area contributed by atoms with Crippen molar-refractivity contribution in [3.8, 4) is 0 Å².